The van der Waals surface area contributed by atoms with E-state index in [1.807, 2.05) is 6.92 Å². The van der Waals surface area contributed by atoms with E-state index >= 15 is 0 Å². The number of aryl methyl sites for hydroxylation is 1. The van der Waals surface area contributed by atoms with Gasteiger partial charge in [0.2, 0.25) is 0 Å². The van der Waals surface area contributed by atoms with Gasteiger partial charge in [0, 0.05) is 13.1 Å². The molecule has 1 aromatic rings. The van der Waals surface area contributed by atoms with Crippen LogP contribution in [0.1, 0.15) is 31.9 Å². The quantitative estimate of drug-likeness (QED) is 0.704. The molecule has 1 saturated heterocycles. The summed E-state index contributed by atoms with van der Waals surface area (Å²) in [5, 5.41) is 2.42. The molecule has 3 rings (SSSR count). The normalized spacial score (nSPS) is 34.0. The molecule has 1 saturated carbocycles. The molecular formula is C13H22BN3O. The summed E-state index contributed by atoms with van der Waals surface area (Å²) >= 11 is 0. The number of fused-ring (bicyclic) bond motifs is 1. The minimum absolute atomic E-state index is 0.383. The van der Waals surface area contributed by atoms with Crippen LogP contribution in [0.4, 0.5) is 0 Å². The highest BCUT2D eigenvalue weighted by Gasteiger charge is 2.52. The second-order valence-electron chi connectivity index (χ2n) is 5.94. The Labute approximate surface area is 109 Å². The Kier molecular flexibility index (Phi) is 2.98. The second kappa shape index (κ2) is 4.39. The summed E-state index contributed by atoms with van der Waals surface area (Å²) in [7, 11) is 4.40. The lowest BCUT2D eigenvalue weighted by Gasteiger charge is -2.34. The topological polar surface area (TPSA) is 32.5 Å². The number of oxazole rings is 1. The first-order valence-electron chi connectivity index (χ1n) is 6.96. The molecule has 0 aromatic carbocycles. The van der Waals surface area contributed by atoms with Crippen molar-refractivity contribution in [3.63, 3.8) is 0 Å². The van der Waals surface area contributed by atoms with Crippen molar-refractivity contribution in [1.29, 1.82) is 0 Å². The molecule has 98 valence electrons. The number of aromatic nitrogens is 1. The fraction of sp³-hybridized carbons (Fsp3) is 0.769. The molecule has 1 aliphatic heterocycles. The van der Waals surface area contributed by atoms with E-state index in [0.29, 0.717) is 18.7 Å². The first-order valence-corrected chi connectivity index (χ1v) is 6.96. The van der Waals surface area contributed by atoms with Crippen LogP contribution in [0.2, 0.25) is 5.82 Å². The second-order valence-corrected chi connectivity index (χ2v) is 5.94. The van der Waals surface area contributed by atoms with Gasteiger partial charge < -0.3 is 4.42 Å². The summed E-state index contributed by atoms with van der Waals surface area (Å²) in [6.07, 6.45) is 5.59. The van der Waals surface area contributed by atoms with E-state index in [1.54, 1.807) is 6.39 Å². The van der Waals surface area contributed by atoms with Crippen LogP contribution >= 0.6 is 0 Å². The first kappa shape index (κ1) is 12.2. The lowest BCUT2D eigenvalue weighted by atomic mass is 9.43. The highest BCUT2D eigenvalue weighted by molar-refractivity contribution is 6.72. The van der Waals surface area contributed by atoms with Gasteiger partial charge in [0.15, 0.2) is 6.39 Å². The SMILES string of the molecule is Cc1ocnc1B1C2C(C)CCCC2N(C)N1C. The summed E-state index contributed by atoms with van der Waals surface area (Å²) in [5.74, 6) is 2.41. The highest BCUT2D eigenvalue weighted by atomic mass is 16.3. The van der Waals surface area contributed by atoms with Gasteiger partial charge in [-0.25, -0.2) is 4.98 Å². The van der Waals surface area contributed by atoms with Crippen molar-refractivity contribution in [1.82, 2.24) is 14.9 Å². The lowest BCUT2D eigenvalue weighted by Crippen LogP contribution is -2.49. The monoisotopic (exact) mass is 247 g/mol. The van der Waals surface area contributed by atoms with Crippen LogP contribution in [0.25, 0.3) is 0 Å². The van der Waals surface area contributed by atoms with Crippen LogP contribution in [0.3, 0.4) is 0 Å². The maximum absolute atomic E-state index is 5.42. The molecule has 3 atom stereocenters. The molecule has 0 spiro atoms. The fourth-order valence-electron chi connectivity index (χ4n) is 4.01. The van der Waals surface area contributed by atoms with E-state index in [4.69, 9.17) is 4.42 Å². The Hall–Kier alpha value is -0.805. The Morgan fingerprint density at radius 1 is 1.39 bits per heavy atom. The van der Waals surface area contributed by atoms with Crippen LogP contribution in [0.5, 0.6) is 0 Å². The van der Waals surface area contributed by atoms with E-state index in [1.165, 1.54) is 19.3 Å². The van der Waals surface area contributed by atoms with Crippen LogP contribution in [-0.2, 0) is 0 Å². The van der Waals surface area contributed by atoms with Crippen LogP contribution < -0.4 is 5.59 Å². The predicted molar refractivity (Wildman–Crippen MR) is 72.7 cm³/mol. The van der Waals surface area contributed by atoms with Crippen molar-refractivity contribution in [2.75, 3.05) is 14.1 Å². The van der Waals surface area contributed by atoms with Gasteiger partial charge in [-0.3, -0.25) is 9.93 Å². The van der Waals surface area contributed by atoms with Crippen LogP contribution in [0, 0.1) is 12.8 Å². The summed E-state index contributed by atoms with van der Waals surface area (Å²) in [5.41, 5.74) is 1.13. The average Bonchev–Trinajstić information content (AvgIpc) is 2.86. The summed E-state index contributed by atoms with van der Waals surface area (Å²) < 4.78 is 5.42. The Morgan fingerprint density at radius 2 is 2.17 bits per heavy atom. The van der Waals surface area contributed by atoms with E-state index in [2.05, 4.69) is 35.9 Å². The van der Waals surface area contributed by atoms with Gasteiger partial charge in [-0.2, -0.15) is 0 Å². The Morgan fingerprint density at radius 3 is 2.83 bits per heavy atom. The standard InChI is InChI=1S/C13H22BN3O/c1-9-6-5-7-11-12(9)14(17(4)16(11)3)13-10(2)18-8-15-13/h8-9,11-12H,5-7H2,1-4H3. The molecule has 1 aliphatic carbocycles. The molecule has 0 bridgehead atoms. The van der Waals surface area contributed by atoms with Gasteiger partial charge in [0.05, 0.1) is 5.59 Å². The third-order valence-electron chi connectivity index (χ3n) is 5.07. The molecule has 18 heavy (non-hydrogen) atoms. The van der Waals surface area contributed by atoms with E-state index in [-0.39, 0.29) is 0 Å². The van der Waals surface area contributed by atoms with Crippen molar-refractivity contribution >= 4 is 12.4 Å². The van der Waals surface area contributed by atoms with Gasteiger partial charge in [-0.15, -0.1) is 0 Å². The third-order valence-corrected chi connectivity index (χ3v) is 5.07. The largest absolute Gasteiger partial charge is 0.449 e. The average molecular weight is 247 g/mol. The van der Waals surface area contributed by atoms with Crippen LogP contribution in [0.15, 0.2) is 10.8 Å². The van der Waals surface area contributed by atoms with Gasteiger partial charge >= 0.3 is 6.85 Å². The zero-order valence-electron chi connectivity index (χ0n) is 11.8. The van der Waals surface area contributed by atoms with Crippen LogP contribution in [-0.4, -0.2) is 41.9 Å². The summed E-state index contributed by atoms with van der Waals surface area (Å²) in [4.78, 5) is 6.84. The van der Waals surface area contributed by atoms with Crippen molar-refractivity contribution < 1.29 is 4.42 Å². The number of hydrogen-bond donors (Lipinski definition) is 0. The lowest BCUT2D eigenvalue weighted by molar-refractivity contribution is 0.0707. The maximum atomic E-state index is 5.42. The molecule has 4 nitrogen and oxygen atoms in total. The van der Waals surface area contributed by atoms with E-state index in [0.717, 1.165) is 17.3 Å². The van der Waals surface area contributed by atoms with Gasteiger partial charge in [0.25, 0.3) is 0 Å². The number of hydrazine groups is 1. The number of nitrogens with zero attached hydrogens (tertiary/aromatic N) is 3. The van der Waals surface area contributed by atoms with Crippen molar-refractivity contribution in [3.05, 3.63) is 12.2 Å². The molecule has 2 aliphatic rings. The molecular weight excluding hydrogens is 225 g/mol. The van der Waals surface area contributed by atoms with Gasteiger partial charge in [0.1, 0.15) is 5.76 Å². The Bertz CT molecular complexity index is 436. The van der Waals surface area contributed by atoms with Gasteiger partial charge in [-0.1, -0.05) is 19.8 Å². The molecule has 2 heterocycles. The first-order chi connectivity index (χ1) is 8.61. The van der Waals surface area contributed by atoms with E-state index in [9.17, 15) is 0 Å². The third kappa shape index (κ3) is 1.64. The van der Waals surface area contributed by atoms with Gasteiger partial charge in [-0.05, 0) is 32.1 Å². The number of hydrogen-bond acceptors (Lipinski definition) is 4. The van der Waals surface area contributed by atoms with E-state index < -0.39 is 0 Å². The van der Waals surface area contributed by atoms with Crippen molar-refractivity contribution in [2.24, 2.45) is 5.92 Å². The minimum atomic E-state index is 0.383. The summed E-state index contributed by atoms with van der Waals surface area (Å²) in [6.45, 7) is 4.80. The molecule has 2 fully saturated rings. The Balaban J connectivity index is 1.99. The smallest absolute Gasteiger partial charge is 0.304 e. The minimum Gasteiger partial charge on any atom is -0.449 e. The zero-order chi connectivity index (χ0) is 12.9. The summed E-state index contributed by atoms with van der Waals surface area (Å²) in [6, 6.07) is 0.667. The zero-order valence-corrected chi connectivity index (χ0v) is 11.8. The maximum Gasteiger partial charge on any atom is 0.304 e. The molecule has 0 N–H and O–H groups in total. The molecule has 3 unspecified atom stereocenters. The molecule has 0 amide bonds. The highest BCUT2D eigenvalue weighted by Crippen LogP contribution is 2.44. The molecule has 0 radical (unpaired) electrons. The predicted octanol–water partition coefficient (Wildman–Crippen LogP) is 1.53. The van der Waals surface area contributed by atoms with Crippen molar-refractivity contribution in [2.45, 2.75) is 45.0 Å². The number of rotatable bonds is 1. The molecule has 5 heteroatoms. The fourth-order valence-corrected chi connectivity index (χ4v) is 4.01. The molecule has 1 aromatic heterocycles. The van der Waals surface area contributed by atoms with Crippen molar-refractivity contribution in [3.8, 4) is 0 Å².